The Morgan fingerprint density at radius 3 is 2.67 bits per heavy atom. The zero-order valence-electron chi connectivity index (χ0n) is 18.1. The van der Waals surface area contributed by atoms with Gasteiger partial charge in [-0.05, 0) is 58.2 Å². The first-order valence-electron chi connectivity index (χ1n) is 10.9. The zero-order valence-corrected chi connectivity index (χ0v) is 18.1. The highest BCUT2D eigenvalue weighted by Crippen LogP contribution is 2.44. The van der Waals surface area contributed by atoms with Gasteiger partial charge in [0.1, 0.15) is 17.3 Å². The lowest BCUT2D eigenvalue weighted by atomic mass is 9.77. The molecule has 0 aliphatic carbocycles. The molecule has 3 unspecified atom stereocenters. The summed E-state index contributed by atoms with van der Waals surface area (Å²) in [5.74, 6) is 1.45. The Balaban J connectivity index is 1.71. The number of piperidine rings is 1. The van der Waals surface area contributed by atoms with Gasteiger partial charge < -0.3 is 25.0 Å². The average molecular weight is 412 g/mol. The number of nitrogens with one attached hydrogen (secondary N) is 1. The Morgan fingerprint density at radius 2 is 1.93 bits per heavy atom. The van der Waals surface area contributed by atoms with Crippen molar-refractivity contribution in [1.82, 2.24) is 5.32 Å². The molecule has 0 amide bonds. The van der Waals surface area contributed by atoms with E-state index in [1.807, 2.05) is 43.3 Å². The topological polar surface area (TPSA) is 71.0 Å². The van der Waals surface area contributed by atoms with Crippen LogP contribution in [0.5, 0.6) is 11.5 Å². The van der Waals surface area contributed by atoms with Crippen LogP contribution < -0.4 is 14.8 Å². The highest BCUT2D eigenvalue weighted by atomic mass is 16.5. The zero-order chi connectivity index (χ0) is 21.4. The van der Waals surface area contributed by atoms with Gasteiger partial charge in [-0.2, -0.15) is 0 Å². The van der Waals surface area contributed by atoms with Gasteiger partial charge in [0, 0.05) is 24.6 Å². The van der Waals surface area contributed by atoms with Crippen LogP contribution in [0.15, 0.2) is 42.5 Å². The standard InChI is InChI=1S/C25H33NO4/c1-17-9-11-19(12-10-17)25(28)13-14-26-20(7-5-15-27)23(25)29-21-8-4-6-18-16-24(2,3)30-22(18)21/h4,6,8-12,20,23,26-28H,5,7,13-16H2,1-3H3. The fourth-order valence-corrected chi connectivity index (χ4v) is 4.74. The maximum absolute atomic E-state index is 11.9. The Labute approximate surface area is 179 Å². The van der Waals surface area contributed by atoms with E-state index in [0.717, 1.165) is 35.3 Å². The molecule has 3 N–H and O–H groups in total. The number of rotatable bonds is 6. The van der Waals surface area contributed by atoms with Crippen molar-refractivity contribution in [3.8, 4) is 11.5 Å². The van der Waals surface area contributed by atoms with Gasteiger partial charge >= 0.3 is 0 Å². The lowest BCUT2D eigenvalue weighted by Crippen LogP contribution is -2.60. The first-order valence-corrected chi connectivity index (χ1v) is 10.9. The van der Waals surface area contributed by atoms with Gasteiger partial charge in [-0.3, -0.25) is 0 Å². The highest BCUT2D eigenvalue weighted by Gasteiger charge is 2.48. The van der Waals surface area contributed by atoms with Gasteiger partial charge in [0.25, 0.3) is 0 Å². The molecule has 0 radical (unpaired) electrons. The molecule has 2 aliphatic heterocycles. The number of aliphatic hydroxyl groups is 2. The predicted molar refractivity (Wildman–Crippen MR) is 117 cm³/mol. The molecule has 0 saturated carbocycles. The summed E-state index contributed by atoms with van der Waals surface area (Å²) in [5.41, 5.74) is 1.75. The third-order valence-electron chi connectivity index (χ3n) is 6.28. The minimum absolute atomic E-state index is 0.0810. The molecule has 2 heterocycles. The van der Waals surface area contributed by atoms with Gasteiger partial charge in [-0.1, -0.05) is 42.0 Å². The first-order chi connectivity index (χ1) is 14.3. The fraction of sp³-hybridized carbons (Fsp3) is 0.520. The van der Waals surface area contributed by atoms with Gasteiger partial charge in [0.2, 0.25) is 0 Å². The molecule has 1 fully saturated rings. The molecule has 0 aromatic heterocycles. The molecule has 4 rings (SSSR count). The molecule has 0 bridgehead atoms. The average Bonchev–Trinajstić information content (AvgIpc) is 3.03. The molecule has 2 aliphatic rings. The van der Waals surface area contributed by atoms with Gasteiger partial charge in [-0.15, -0.1) is 0 Å². The normalized spacial score (nSPS) is 27.4. The molecule has 1 saturated heterocycles. The second-order valence-electron chi connectivity index (χ2n) is 9.29. The monoisotopic (exact) mass is 411 g/mol. The Kier molecular flexibility index (Phi) is 5.80. The lowest BCUT2D eigenvalue weighted by molar-refractivity contribution is -0.107. The van der Waals surface area contributed by atoms with E-state index in [9.17, 15) is 10.2 Å². The van der Waals surface area contributed by atoms with Crippen LogP contribution in [0.4, 0.5) is 0 Å². The number of hydrogen-bond donors (Lipinski definition) is 3. The van der Waals surface area contributed by atoms with E-state index in [-0.39, 0.29) is 18.2 Å². The van der Waals surface area contributed by atoms with Crippen LogP contribution in [0.3, 0.4) is 0 Å². The molecular weight excluding hydrogens is 378 g/mol. The summed E-state index contributed by atoms with van der Waals surface area (Å²) >= 11 is 0. The van der Waals surface area contributed by atoms with Crippen LogP contribution >= 0.6 is 0 Å². The number of benzene rings is 2. The van der Waals surface area contributed by atoms with Crippen molar-refractivity contribution in [3.63, 3.8) is 0 Å². The van der Waals surface area contributed by atoms with E-state index >= 15 is 0 Å². The quantitative estimate of drug-likeness (QED) is 0.679. The van der Waals surface area contributed by atoms with Crippen LogP contribution in [0.25, 0.3) is 0 Å². The number of aryl methyl sites for hydroxylation is 1. The van der Waals surface area contributed by atoms with E-state index < -0.39 is 11.7 Å². The van der Waals surface area contributed by atoms with Crippen LogP contribution in [-0.2, 0) is 12.0 Å². The number of hydrogen-bond acceptors (Lipinski definition) is 5. The Bertz CT molecular complexity index is 879. The van der Waals surface area contributed by atoms with E-state index in [1.54, 1.807) is 0 Å². The molecule has 2 aromatic rings. The van der Waals surface area contributed by atoms with Crippen molar-refractivity contribution < 1.29 is 19.7 Å². The SMILES string of the molecule is Cc1ccc(C2(O)CCNC(CCCO)C2Oc2cccc3c2OC(C)(C)C3)cc1. The van der Waals surface area contributed by atoms with E-state index in [0.29, 0.717) is 25.1 Å². The van der Waals surface area contributed by atoms with Crippen LogP contribution in [0, 0.1) is 6.92 Å². The second kappa shape index (κ2) is 8.22. The van der Waals surface area contributed by atoms with Crippen molar-refractivity contribution >= 4 is 0 Å². The molecule has 5 nitrogen and oxygen atoms in total. The minimum atomic E-state index is -1.13. The molecule has 3 atom stereocenters. The smallest absolute Gasteiger partial charge is 0.165 e. The van der Waals surface area contributed by atoms with E-state index in [4.69, 9.17) is 9.47 Å². The molecular formula is C25H33NO4. The summed E-state index contributed by atoms with van der Waals surface area (Å²) in [6.07, 6.45) is 2.25. The maximum atomic E-state index is 11.9. The molecule has 2 aromatic carbocycles. The third kappa shape index (κ3) is 4.07. The van der Waals surface area contributed by atoms with Crippen molar-refractivity contribution in [1.29, 1.82) is 0 Å². The van der Waals surface area contributed by atoms with Crippen molar-refractivity contribution in [2.24, 2.45) is 0 Å². The van der Waals surface area contributed by atoms with E-state index in [2.05, 4.69) is 25.2 Å². The molecule has 0 spiro atoms. The van der Waals surface area contributed by atoms with Crippen LogP contribution in [0.2, 0.25) is 0 Å². The number of ether oxygens (including phenoxy) is 2. The summed E-state index contributed by atoms with van der Waals surface area (Å²) in [4.78, 5) is 0. The van der Waals surface area contributed by atoms with Gasteiger partial charge in [0.05, 0.1) is 0 Å². The molecule has 5 heteroatoms. The van der Waals surface area contributed by atoms with Crippen LogP contribution in [-0.4, -0.2) is 41.1 Å². The maximum Gasteiger partial charge on any atom is 0.165 e. The largest absolute Gasteiger partial charge is 0.483 e. The van der Waals surface area contributed by atoms with Crippen LogP contribution in [0.1, 0.15) is 49.8 Å². The van der Waals surface area contributed by atoms with Gasteiger partial charge in [-0.25, -0.2) is 0 Å². The highest BCUT2D eigenvalue weighted by molar-refractivity contribution is 5.50. The van der Waals surface area contributed by atoms with Crippen molar-refractivity contribution in [2.45, 2.75) is 69.8 Å². The third-order valence-corrected chi connectivity index (χ3v) is 6.28. The first kappa shape index (κ1) is 21.2. The number of fused-ring (bicyclic) bond motifs is 1. The summed E-state index contributed by atoms with van der Waals surface area (Å²) in [7, 11) is 0. The lowest BCUT2D eigenvalue weighted by Gasteiger charge is -2.45. The van der Waals surface area contributed by atoms with E-state index in [1.165, 1.54) is 0 Å². The summed E-state index contributed by atoms with van der Waals surface area (Å²) in [6, 6.07) is 14.0. The second-order valence-corrected chi connectivity index (χ2v) is 9.29. The summed E-state index contributed by atoms with van der Waals surface area (Å²) < 4.78 is 12.8. The van der Waals surface area contributed by atoms with Gasteiger partial charge in [0.15, 0.2) is 11.5 Å². The fourth-order valence-electron chi connectivity index (χ4n) is 4.74. The molecule has 30 heavy (non-hydrogen) atoms. The Morgan fingerprint density at radius 1 is 1.17 bits per heavy atom. The predicted octanol–water partition coefficient (Wildman–Crippen LogP) is 3.48. The summed E-state index contributed by atoms with van der Waals surface area (Å²) in [6.45, 7) is 7.00. The number of aliphatic hydroxyl groups excluding tert-OH is 1. The number of para-hydroxylation sites is 1. The Hall–Kier alpha value is -2.08. The minimum Gasteiger partial charge on any atom is -0.483 e. The van der Waals surface area contributed by atoms with Crippen molar-refractivity contribution in [2.75, 3.05) is 13.2 Å². The molecule has 162 valence electrons. The summed E-state index contributed by atoms with van der Waals surface area (Å²) in [5, 5.41) is 24.8. The van der Waals surface area contributed by atoms with Crippen molar-refractivity contribution in [3.05, 3.63) is 59.2 Å².